The number of thioether (sulfide) groups is 1. The number of hydrogen-bond acceptors (Lipinski definition) is 8. The van der Waals surface area contributed by atoms with E-state index >= 15 is 0 Å². The van der Waals surface area contributed by atoms with Gasteiger partial charge in [-0.05, 0) is 53.7 Å². The van der Waals surface area contributed by atoms with Crippen LogP contribution in [0.25, 0.3) is 11.1 Å². The highest BCUT2D eigenvalue weighted by Gasteiger charge is 2.30. The Labute approximate surface area is 210 Å². The number of carbonyl (C=O) groups excluding carboxylic acids is 2. The molecule has 1 N–H and O–H groups in total. The fourth-order valence-electron chi connectivity index (χ4n) is 4.03. The van der Waals surface area contributed by atoms with Crippen molar-refractivity contribution in [3.63, 3.8) is 0 Å². The standard InChI is InChI=1S/C26H32N2O6S/c1-31-20-9-10-23(32-2)21(16-20)18-7-5-17(6-8-18)15-22(26(30)33-3)27-25(29)24(28-34-4)19-11-13-35-14-12-19/h5-10,16,19,22H,11-15H2,1-4H3,(H,27,29)/t22-/m0/s1. The third-order valence-electron chi connectivity index (χ3n) is 5.93. The lowest BCUT2D eigenvalue weighted by molar-refractivity contribution is -0.144. The van der Waals surface area contributed by atoms with E-state index in [0.717, 1.165) is 52.5 Å². The highest BCUT2D eigenvalue weighted by molar-refractivity contribution is 7.99. The first-order valence-electron chi connectivity index (χ1n) is 11.4. The van der Waals surface area contributed by atoms with Crippen LogP contribution in [0.1, 0.15) is 18.4 Å². The molecule has 2 aromatic carbocycles. The summed E-state index contributed by atoms with van der Waals surface area (Å²) in [5, 5.41) is 6.80. The molecule has 188 valence electrons. The molecule has 0 bridgehead atoms. The number of nitrogens with zero attached hydrogens (tertiary/aromatic N) is 1. The Balaban J connectivity index is 1.77. The second-order valence-corrected chi connectivity index (χ2v) is 9.29. The summed E-state index contributed by atoms with van der Waals surface area (Å²) in [5.41, 5.74) is 3.02. The van der Waals surface area contributed by atoms with Crippen molar-refractivity contribution in [2.45, 2.75) is 25.3 Å². The quantitative estimate of drug-likeness (QED) is 0.302. The predicted octanol–water partition coefficient (Wildman–Crippen LogP) is 3.72. The molecule has 1 aliphatic heterocycles. The lowest BCUT2D eigenvalue weighted by atomic mass is 9.95. The predicted molar refractivity (Wildman–Crippen MR) is 137 cm³/mol. The topological polar surface area (TPSA) is 95.5 Å². The number of amides is 1. The summed E-state index contributed by atoms with van der Waals surface area (Å²) in [5.74, 6) is 2.46. The van der Waals surface area contributed by atoms with Crippen LogP contribution in [0.5, 0.6) is 11.5 Å². The zero-order valence-electron chi connectivity index (χ0n) is 20.5. The number of benzene rings is 2. The summed E-state index contributed by atoms with van der Waals surface area (Å²) in [6.45, 7) is 0. The zero-order chi connectivity index (χ0) is 25.2. The van der Waals surface area contributed by atoms with Crippen molar-refractivity contribution in [1.82, 2.24) is 5.32 Å². The monoisotopic (exact) mass is 500 g/mol. The van der Waals surface area contributed by atoms with E-state index in [1.54, 1.807) is 14.2 Å². The van der Waals surface area contributed by atoms with Gasteiger partial charge in [0.15, 0.2) is 0 Å². The summed E-state index contributed by atoms with van der Waals surface area (Å²) in [6.07, 6.45) is 1.96. The van der Waals surface area contributed by atoms with Gasteiger partial charge in [-0.2, -0.15) is 11.8 Å². The molecule has 35 heavy (non-hydrogen) atoms. The lowest BCUT2D eigenvalue weighted by Crippen LogP contribution is -2.47. The van der Waals surface area contributed by atoms with E-state index in [9.17, 15) is 9.59 Å². The van der Waals surface area contributed by atoms with E-state index in [2.05, 4.69) is 10.5 Å². The molecule has 0 aliphatic carbocycles. The number of nitrogens with one attached hydrogen (secondary N) is 1. The summed E-state index contributed by atoms with van der Waals surface area (Å²) < 4.78 is 15.8. The number of ether oxygens (including phenoxy) is 3. The normalized spacial score (nSPS) is 15.1. The molecule has 1 aliphatic rings. The van der Waals surface area contributed by atoms with Crippen LogP contribution >= 0.6 is 11.8 Å². The maximum atomic E-state index is 13.1. The Kier molecular flexibility index (Phi) is 9.84. The minimum atomic E-state index is -0.857. The third-order valence-corrected chi connectivity index (χ3v) is 6.98. The van der Waals surface area contributed by atoms with Crippen LogP contribution in [0, 0.1) is 5.92 Å². The summed E-state index contributed by atoms with van der Waals surface area (Å²) in [6, 6.07) is 12.5. The number of hydrogen-bond donors (Lipinski definition) is 1. The third kappa shape index (κ3) is 6.91. The fraction of sp³-hybridized carbons (Fsp3) is 0.423. The number of methoxy groups -OCH3 is 3. The van der Waals surface area contributed by atoms with E-state index in [0.29, 0.717) is 5.71 Å². The van der Waals surface area contributed by atoms with Crippen molar-refractivity contribution in [2.24, 2.45) is 11.1 Å². The SMILES string of the molecule is CON=C(C(=O)N[C@@H](Cc1ccc(-c2cc(OC)ccc2OC)cc1)C(=O)OC)C1CCSCC1. The lowest BCUT2D eigenvalue weighted by Gasteiger charge is -2.23. The maximum Gasteiger partial charge on any atom is 0.328 e. The molecule has 1 fully saturated rings. The second-order valence-electron chi connectivity index (χ2n) is 8.06. The van der Waals surface area contributed by atoms with Gasteiger partial charge in [-0.25, -0.2) is 4.79 Å². The largest absolute Gasteiger partial charge is 0.497 e. The van der Waals surface area contributed by atoms with Gasteiger partial charge in [-0.3, -0.25) is 4.79 Å². The van der Waals surface area contributed by atoms with Crippen LogP contribution in [0.4, 0.5) is 0 Å². The Morgan fingerprint density at radius 2 is 1.74 bits per heavy atom. The minimum absolute atomic E-state index is 0.00613. The molecular formula is C26H32N2O6S. The molecule has 0 unspecified atom stereocenters. The van der Waals surface area contributed by atoms with Crippen LogP contribution in [-0.4, -0.2) is 63.6 Å². The van der Waals surface area contributed by atoms with Crippen molar-refractivity contribution >= 4 is 29.4 Å². The number of rotatable bonds is 10. The number of esters is 1. The number of carbonyl (C=O) groups is 2. The average Bonchev–Trinajstić information content (AvgIpc) is 2.91. The van der Waals surface area contributed by atoms with Gasteiger partial charge in [-0.1, -0.05) is 29.4 Å². The highest BCUT2D eigenvalue weighted by Crippen LogP contribution is 2.33. The molecule has 9 heteroatoms. The molecule has 0 radical (unpaired) electrons. The fourth-order valence-corrected chi connectivity index (χ4v) is 5.14. The van der Waals surface area contributed by atoms with Gasteiger partial charge < -0.3 is 24.4 Å². The van der Waals surface area contributed by atoms with Gasteiger partial charge in [0.1, 0.15) is 30.4 Å². The second kappa shape index (κ2) is 13.0. The van der Waals surface area contributed by atoms with Gasteiger partial charge >= 0.3 is 5.97 Å². The van der Waals surface area contributed by atoms with Crippen LogP contribution in [0.15, 0.2) is 47.6 Å². The van der Waals surface area contributed by atoms with E-state index in [1.165, 1.54) is 14.2 Å². The van der Waals surface area contributed by atoms with Crippen LogP contribution in [-0.2, 0) is 25.6 Å². The van der Waals surface area contributed by atoms with E-state index in [-0.39, 0.29) is 12.3 Å². The van der Waals surface area contributed by atoms with E-state index in [1.807, 2.05) is 54.2 Å². The van der Waals surface area contributed by atoms with E-state index in [4.69, 9.17) is 19.0 Å². The summed E-state index contributed by atoms with van der Waals surface area (Å²) in [7, 11) is 5.96. The number of oxime groups is 1. The molecule has 0 aromatic heterocycles. The Bertz CT molecular complexity index is 1030. The highest BCUT2D eigenvalue weighted by atomic mass is 32.2. The Morgan fingerprint density at radius 3 is 2.34 bits per heavy atom. The molecule has 1 saturated heterocycles. The Morgan fingerprint density at radius 1 is 1.03 bits per heavy atom. The molecule has 8 nitrogen and oxygen atoms in total. The molecular weight excluding hydrogens is 468 g/mol. The molecule has 1 heterocycles. The van der Waals surface area contributed by atoms with Gasteiger partial charge in [0, 0.05) is 17.9 Å². The van der Waals surface area contributed by atoms with Crippen molar-refractivity contribution in [3.8, 4) is 22.6 Å². The molecule has 1 amide bonds. The van der Waals surface area contributed by atoms with Crippen LogP contribution < -0.4 is 14.8 Å². The van der Waals surface area contributed by atoms with Gasteiger partial charge in [-0.15, -0.1) is 0 Å². The van der Waals surface area contributed by atoms with Gasteiger partial charge in [0.25, 0.3) is 5.91 Å². The molecule has 0 spiro atoms. The van der Waals surface area contributed by atoms with Crippen molar-refractivity contribution in [1.29, 1.82) is 0 Å². The van der Waals surface area contributed by atoms with Crippen molar-refractivity contribution in [3.05, 3.63) is 48.0 Å². The van der Waals surface area contributed by atoms with E-state index < -0.39 is 17.9 Å². The first kappa shape index (κ1) is 26.4. The Hall–Kier alpha value is -3.20. The average molecular weight is 501 g/mol. The van der Waals surface area contributed by atoms with Gasteiger partial charge in [0.2, 0.25) is 0 Å². The molecule has 1 atom stereocenters. The zero-order valence-corrected chi connectivity index (χ0v) is 21.4. The summed E-state index contributed by atoms with van der Waals surface area (Å²) in [4.78, 5) is 30.5. The van der Waals surface area contributed by atoms with Crippen LogP contribution in [0.3, 0.4) is 0 Å². The summed E-state index contributed by atoms with van der Waals surface area (Å²) >= 11 is 1.86. The first-order chi connectivity index (χ1) is 17.0. The van der Waals surface area contributed by atoms with Gasteiger partial charge in [0.05, 0.1) is 21.3 Å². The molecule has 2 aromatic rings. The van der Waals surface area contributed by atoms with Crippen molar-refractivity contribution in [2.75, 3.05) is 39.9 Å². The van der Waals surface area contributed by atoms with Crippen LogP contribution in [0.2, 0.25) is 0 Å². The molecule has 3 rings (SSSR count). The molecule has 0 saturated carbocycles. The minimum Gasteiger partial charge on any atom is -0.497 e. The maximum absolute atomic E-state index is 13.1. The van der Waals surface area contributed by atoms with Crippen molar-refractivity contribution < 1.29 is 28.6 Å². The smallest absolute Gasteiger partial charge is 0.328 e. The first-order valence-corrected chi connectivity index (χ1v) is 12.5.